The molecule has 2 rings (SSSR count). The highest BCUT2D eigenvalue weighted by Gasteiger charge is 2.17. The minimum Gasteiger partial charge on any atom is -0.494 e. The van der Waals surface area contributed by atoms with Crippen molar-refractivity contribution < 1.29 is 18.8 Å². The Morgan fingerprint density at radius 1 is 1.07 bits per heavy atom. The zero-order valence-corrected chi connectivity index (χ0v) is 17.0. The van der Waals surface area contributed by atoms with Crippen LogP contribution in [0.1, 0.15) is 33.1 Å². The Kier molecular flexibility index (Phi) is 7.98. The van der Waals surface area contributed by atoms with Crippen LogP contribution in [0.15, 0.2) is 28.8 Å². The Bertz CT molecular complexity index is 769. The van der Waals surface area contributed by atoms with Crippen LogP contribution in [-0.4, -0.2) is 65.0 Å². The van der Waals surface area contributed by atoms with Gasteiger partial charge in [0.2, 0.25) is 23.5 Å². The second-order valence-corrected chi connectivity index (χ2v) is 6.28. The van der Waals surface area contributed by atoms with Gasteiger partial charge in [0.05, 0.1) is 13.2 Å². The Labute approximate surface area is 165 Å². The summed E-state index contributed by atoms with van der Waals surface area (Å²) in [5.41, 5.74) is 0.812. The molecule has 28 heavy (non-hydrogen) atoms. The van der Waals surface area contributed by atoms with E-state index in [9.17, 15) is 9.59 Å². The fraction of sp³-hybridized carbons (Fsp3) is 0.500. The number of likely N-dealkylation sites (N-methyl/N-ethyl adjacent to an activating group) is 2. The molecule has 152 valence electrons. The van der Waals surface area contributed by atoms with Crippen molar-refractivity contribution in [2.45, 2.75) is 33.6 Å². The van der Waals surface area contributed by atoms with Crippen molar-refractivity contribution in [1.82, 2.24) is 19.9 Å². The Hall–Kier alpha value is -2.90. The van der Waals surface area contributed by atoms with Crippen LogP contribution in [0, 0.1) is 0 Å². The van der Waals surface area contributed by atoms with Crippen molar-refractivity contribution in [2.75, 3.05) is 33.3 Å². The molecule has 8 heteroatoms. The zero-order chi connectivity index (χ0) is 20.5. The molecule has 0 atom stereocenters. The molecule has 0 aliphatic carbocycles. The van der Waals surface area contributed by atoms with Gasteiger partial charge in [-0.05, 0) is 45.0 Å². The smallest absolute Gasteiger partial charge is 0.242 e. The highest BCUT2D eigenvalue weighted by molar-refractivity contribution is 5.84. The van der Waals surface area contributed by atoms with Gasteiger partial charge in [0.1, 0.15) is 5.75 Å². The average molecular weight is 388 g/mol. The van der Waals surface area contributed by atoms with Crippen LogP contribution in [0.5, 0.6) is 5.75 Å². The first-order valence-electron chi connectivity index (χ1n) is 9.56. The van der Waals surface area contributed by atoms with E-state index in [1.807, 2.05) is 45.0 Å². The lowest BCUT2D eigenvalue weighted by molar-refractivity contribution is -0.139. The molecule has 8 nitrogen and oxygen atoms in total. The molecule has 1 heterocycles. The molecule has 0 N–H and O–H groups in total. The van der Waals surface area contributed by atoms with Gasteiger partial charge in [0, 0.05) is 38.5 Å². The quantitative estimate of drug-likeness (QED) is 0.621. The predicted octanol–water partition coefficient (Wildman–Crippen LogP) is 2.39. The van der Waals surface area contributed by atoms with Gasteiger partial charge >= 0.3 is 0 Å². The lowest BCUT2D eigenvalue weighted by Gasteiger charge is -2.23. The molecule has 1 aromatic carbocycles. The summed E-state index contributed by atoms with van der Waals surface area (Å²) in [5.74, 6) is 1.44. The minimum absolute atomic E-state index is 0.0589. The number of ether oxygens (including phenoxy) is 1. The molecule has 0 aliphatic rings. The van der Waals surface area contributed by atoms with Crippen molar-refractivity contribution in [1.29, 1.82) is 0 Å². The fourth-order valence-corrected chi connectivity index (χ4v) is 2.71. The maximum Gasteiger partial charge on any atom is 0.242 e. The summed E-state index contributed by atoms with van der Waals surface area (Å²) in [6.07, 6.45) is 0.527. The summed E-state index contributed by atoms with van der Waals surface area (Å²) in [4.78, 5) is 31.9. The van der Waals surface area contributed by atoms with E-state index in [0.29, 0.717) is 37.8 Å². The zero-order valence-electron chi connectivity index (χ0n) is 17.0. The normalized spacial score (nSPS) is 10.6. The van der Waals surface area contributed by atoms with Crippen LogP contribution in [0.3, 0.4) is 0 Å². The topological polar surface area (TPSA) is 88.8 Å². The van der Waals surface area contributed by atoms with Gasteiger partial charge in [-0.1, -0.05) is 5.16 Å². The van der Waals surface area contributed by atoms with Crippen LogP contribution < -0.4 is 4.74 Å². The molecule has 0 aliphatic heterocycles. The van der Waals surface area contributed by atoms with Gasteiger partial charge in [0.15, 0.2) is 0 Å². The largest absolute Gasteiger partial charge is 0.494 e. The Balaban J connectivity index is 1.87. The molecule has 0 fully saturated rings. The number of nitrogens with zero attached hydrogens (tertiary/aromatic N) is 4. The number of carbonyl (C=O) groups excluding carboxylic acids is 2. The van der Waals surface area contributed by atoms with E-state index in [1.165, 1.54) is 4.90 Å². The first-order valence-corrected chi connectivity index (χ1v) is 9.56. The maximum absolute atomic E-state index is 12.3. The molecule has 0 saturated carbocycles. The number of amides is 2. The molecule has 0 unspecified atom stereocenters. The third kappa shape index (κ3) is 5.80. The molecule has 2 aromatic rings. The summed E-state index contributed by atoms with van der Waals surface area (Å²) < 4.78 is 10.7. The third-order valence-corrected chi connectivity index (χ3v) is 4.36. The molecule has 1 aromatic heterocycles. The van der Waals surface area contributed by atoms with Gasteiger partial charge in [0.25, 0.3) is 0 Å². The molecule has 2 amide bonds. The van der Waals surface area contributed by atoms with Gasteiger partial charge in [-0.2, -0.15) is 4.98 Å². The lowest BCUT2D eigenvalue weighted by Crippen LogP contribution is -2.41. The number of hydrogen-bond acceptors (Lipinski definition) is 6. The van der Waals surface area contributed by atoms with E-state index in [2.05, 4.69) is 10.1 Å². The van der Waals surface area contributed by atoms with Crippen LogP contribution in [0.25, 0.3) is 11.4 Å². The second kappa shape index (κ2) is 10.4. The van der Waals surface area contributed by atoms with E-state index in [-0.39, 0.29) is 24.8 Å². The van der Waals surface area contributed by atoms with Gasteiger partial charge in [-0.3, -0.25) is 9.59 Å². The minimum atomic E-state index is -0.138. The highest BCUT2D eigenvalue weighted by atomic mass is 16.5. The van der Waals surface area contributed by atoms with Crippen LogP contribution >= 0.6 is 0 Å². The fourth-order valence-electron chi connectivity index (χ4n) is 2.71. The number of aromatic nitrogens is 2. The molecule has 0 radical (unpaired) electrons. The van der Waals surface area contributed by atoms with Crippen LogP contribution in [0.4, 0.5) is 0 Å². The molecule has 0 bridgehead atoms. The third-order valence-electron chi connectivity index (χ3n) is 4.36. The van der Waals surface area contributed by atoms with E-state index < -0.39 is 0 Å². The summed E-state index contributed by atoms with van der Waals surface area (Å²) in [6, 6.07) is 7.41. The van der Waals surface area contributed by atoms with Crippen molar-refractivity contribution in [2.24, 2.45) is 0 Å². The first-order chi connectivity index (χ1) is 13.5. The number of hydrogen-bond donors (Lipinski definition) is 0. The van der Waals surface area contributed by atoms with E-state index in [4.69, 9.17) is 9.26 Å². The van der Waals surface area contributed by atoms with Gasteiger partial charge in [-0.15, -0.1) is 0 Å². The van der Waals surface area contributed by atoms with E-state index >= 15 is 0 Å². The number of rotatable bonds is 10. The summed E-state index contributed by atoms with van der Waals surface area (Å²) >= 11 is 0. The van der Waals surface area contributed by atoms with Gasteiger partial charge < -0.3 is 19.1 Å². The van der Waals surface area contributed by atoms with E-state index in [0.717, 1.165) is 11.3 Å². The van der Waals surface area contributed by atoms with Crippen LogP contribution in [-0.2, 0) is 16.0 Å². The van der Waals surface area contributed by atoms with Crippen LogP contribution in [0.2, 0.25) is 0 Å². The summed E-state index contributed by atoms with van der Waals surface area (Å²) in [6.45, 7) is 7.71. The van der Waals surface area contributed by atoms with E-state index in [1.54, 1.807) is 11.9 Å². The molecule has 0 spiro atoms. The molecular formula is C20H28N4O4. The second-order valence-electron chi connectivity index (χ2n) is 6.28. The van der Waals surface area contributed by atoms with Crippen molar-refractivity contribution in [3.8, 4) is 17.1 Å². The van der Waals surface area contributed by atoms with Crippen molar-refractivity contribution in [3.63, 3.8) is 0 Å². The molecule has 0 saturated heterocycles. The Morgan fingerprint density at radius 2 is 1.75 bits per heavy atom. The van der Waals surface area contributed by atoms with Crippen molar-refractivity contribution >= 4 is 11.8 Å². The number of aryl methyl sites for hydroxylation is 1. The summed E-state index contributed by atoms with van der Waals surface area (Å²) in [7, 11) is 1.63. The summed E-state index contributed by atoms with van der Waals surface area (Å²) in [5, 5.41) is 3.97. The lowest BCUT2D eigenvalue weighted by atomic mass is 10.2. The Morgan fingerprint density at radius 3 is 2.36 bits per heavy atom. The number of carbonyl (C=O) groups is 2. The monoisotopic (exact) mass is 388 g/mol. The predicted molar refractivity (Wildman–Crippen MR) is 105 cm³/mol. The first kappa shape index (κ1) is 21.4. The maximum atomic E-state index is 12.3. The number of benzene rings is 1. The van der Waals surface area contributed by atoms with Gasteiger partial charge in [-0.25, -0.2) is 0 Å². The molecular weight excluding hydrogens is 360 g/mol. The SMILES string of the molecule is CCOc1ccc(-c2noc(CCC(=O)N(C)CC(=O)N(CC)CC)n2)cc1. The van der Waals surface area contributed by atoms with Crippen molar-refractivity contribution in [3.05, 3.63) is 30.2 Å². The average Bonchev–Trinajstić information content (AvgIpc) is 3.17. The highest BCUT2D eigenvalue weighted by Crippen LogP contribution is 2.20. The standard InChI is InChI=1S/C20H28N4O4/c1-5-24(6-2)19(26)14-23(4)18(25)13-12-17-21-20(22-28-17)15-8-10-16(11-9-15)27-7-3/h8-11H,5-7,12-14H2,1-4H3.